The van der Waals surface area contributed by atoms with Crippen LogP contribution in [0.1, 0.15) is 21.5 Å². The van der Waals surface area contributed by atoms with Crippen molar-refractivity contribution in [2.75, 3.05) is 19.0 Å². The van der Waals surface area contributed by atoms with Crippen molar-refractivity contribution in [1.29, 1.82) is 0 Å². The Morgan fingerprint density at radius 3 is 2.69 bits per heavy atom. The number of primary amides is 1. The third-order valence-electron chi connectivity index (χ3n) is 4.35. The first-order valence-corrected chi connectivity index (χ1v) is 8.93. The molecule has 2 aromatic rings. The number of benzene rings is 1. The average molecular weight is 373 g/mol. The normalized spacial score (nSPS) is 16.6. The van der Waals surface area contributed by atoms with Crippen molar-refractivity contribution in [2.24, 2.45) is 5.73 Å². The number of amides is 2. The van der Waals surface area contributed by atoms with Crippen LogP contribution in [0, 0.1) is 0 Å². The standard InChI is InChI=1S/C18H19N3O4S/c1-25-18(24)14-8-11-4-2-3-5-12(11)9-21(14)10-15(22)20-17-13(16(19)23)6-7-26-17/h2-7,14H,8-10H2,1H3,(H2,19,23)(H,20,22)/t14-/m1/s1. The lowest BCUT2D eigenvalue weighted by Gasteiger charge is -2.34. The van der Waals surface area contributed by atoms with E-state index in [1.807, 2.05) is 24.3 Å². The summed E-state index contributed by atoms with van der Waals surface area (Å²) in [5.74, 6) is -1.29. The van der Waals surface area contributed by atoms with Gasteiger partial charge in [0.1, 0.15) is 11.0 Å². The number of carbonyl (C=O) groups excluding carboxylic acids is 3. The van der Waals surface area contributed by atoms with Gasteiger partial charge >= 0.3 is 5.97 Å². The Hall–Kier alpha value is -2.71. The van der Waals surface area contributed by atoms with E-state index < -0.39 is 11.9 Å². The largest absolute Gasteiger partial charge is 0.468 e. The van der Waals surface area contributed by atoms with Crippen LogP contribution in [-0.4, -0.2) is 42.4 Å². The van der Waals surface area contributed by atoms with Crippen molar-refractivity contribution < 1.29 is 19.1 Å². The molecule has 8 heteroatoms. The van der Waals surface area contributed by atoms with E-state index in [0.29, 0.717) is 18.0 Å². The number of nitrogens with one attached hydrogen (secondary N) is 1. The SMILES string of the molecule is COC(=O)[C@H]1Cc2ccccc2CN1CC(=O)Nc1sccc1C(N)=O. The summed E-state index contributed by atoms with van der Waals surface area (Å²) in [5, 5.41) is 4.80. The van der Waals surface area contributed by atoms with Crippen molar-refractivity contribution in [3.63, 3.8) is 0 Å². The van der Waals surface area contributed by atoms with E-state index in [9.17, 15) is 14.4 Å². The van der Waals surface area contributed by atoms with Crippen LogP contribution >= 0.6 is 11.3 Å². The number of hydrogen-bond acceptors (Lipinski definition) is 6. The molecule has 136 valence electrons. The highest BCUT2D eigenvalue weighted by Gasteiger charge is 2.33. The molecule has 7 nitrogen and oxygen atoms in total. The molecule has 0 radical (unpaired) electrons. The summed E-state index contributed by atoms with van der Waals surface area (Å²) in [6.07, 6.45) is 0.488. The minimum atomic E-state index is -0.596. The molecule has 0 saturated heterocycles. The molecule has 1 aromatic carbocycles. The highest BCUT2D eigenvalue weighted by Crippen LogP contribution is 2.25. The number of fused-ring (bicyclic) bond motifs is 1. The Bertz CT molecular complexity index is 848. The van der Waals surface area contributed by atoms with Crippen molar-refractivity contribution in [3.8, 4) is 0 Å². The first-order valence-electron chi connectivity index (χ1n) is 8.05. The highest BCUT2D eigenvalue weighted by atomic mass is 32.1. The van der Waals surface area contributed by atoms with Gasteiger partial charge in [-0.15, -0.1) is 11.3 Å². The molecule has 3 rings (SSSR count). The smallest absolute Gasteiger partial charge is 0.323 e. The van der Waals surface area contributed by atoms with Gasteiger partial charge in [-0.2, -0.15) is 0 Å². The molecule has 1 aromatic heterocycles. The number of nitrogens with zero attached hydrogens (tertiary/aromatic N) is 1. The number of anilines is 1. The lowest BCUT2D eigenvalue weighted by molar-refractivity contribution is -0.148. The number of hydrogen-bond donors (Lipinski definition) is 2. The summed E-state index contributed by atoms with van der Waals surface area (Å²) in [7, 11) is 1.34. The molecular weight excluding hydrogens is 354 g/mol. The molecule has 2 heterocycles. The Kier molecular flexibility index (Phi) is 5.34. The molecule has 1 atom stereocenters. The van der Waals surface area contributed by atoms with Gasteiger partial charge in [0.15, 0.2) is 0 Å². The third-order valence-corrected chi connectivity index (χ3v) is 5.18. The number of esters is 1. The molecule has 0 bridgehead atoms. The second kappa shape index (κ2) is 7.67. The maximum atomic E-state index is 12.5. The quantitative estimate of drug-likeness (QED) is 0.771. The first-order chi connectivity index (χ1) is 12.5. The maximum Gasteiger partial charge on any atom is 0.323 e. The van der Waals surface area contributed by atoms with Crippen LogP contribution in [0.2, 0.25) is 0 Å². The van der Waals surface area contributed by atoms with Crippen molar-refractivity contribution in [3.05, 3.63) is 52.4 Å². The summed E-state index contributed by atoms with van der Waals surface area (Å²) in [5.41, 5.74) is 7.73. The predicted octanol–water partition coefficient (Wildman–Crippen LogP) is 1.39. The lowest BCUT2D eigenvalue weighted by atomic mass is 9.94. The van der Waals surface area contributed by atoms with Gasteiger partial charge in [0.2, 0.25) is 5.91 Å². The van der Waals surface area contributed by atoms with Crippen molar-refractivity contribution in [1.82, 2.24) is 4.90 Å². The van der Waals surface area contributed by atoms with Gasteiger partial charge in [-0.1, -0.05) is 24.3 Å². The Morgan fingerprint density at radius 2 is 2.00 bits per heavy atom. The van der Waals surface area contributed by atoms with E-state index in [1.54, 1.807) is 16.3 Å². The maximum absolute atomic E-state index is 12.5. The first kappa shape index (κ1) is 18.1. The van der Waals surface area contributed by atoms with E-state index in [-0.39, 0.29) is 24.0 Å². The highest BCUT2D eigenvalue weighted by molar-refractivity contribution is 7.14. The number of nitrogens with two attached hydrogens (primary N) is 1. The van der Waals surface area contributed by atoms with Crippen LogP contribution in [0.15, 0.2) is 35.7 Å². The van der Waals surface area contributed by atoms with Gasteiger partial charge in [0.25, 0.3) is 5.91 Å². The van der Waals surface area contributed by atoms with E-state index >= 15 is 0 Å². The Labute approximate surface area is 154 Å². The summed E-state index contributed by atoms with van der Waals surface area (Å²) in [4.78, 5) is 37.8. The van der Waals surface area contributed by atoms with Crippen LogP contribution in [0.4, 0.5) is 5.00 Å². The zero-order chi connectivity index (χ0) is 18.7. The summed E-state index contributed by atoms with van der Waals surface area (Å²) < 4.78 is 4.90. The lowest BCUT2D eigenvalue weighted by Crippen LogP contribution is -2.49. The number of thiophene rings is 1. The minimum Gasteiger partial charge on any atom is -0.468 e. The van der Waals surface area contributed by atoms with Crippen LogP contribution in [0.25, 0.3) is 0 Å². The predicted molar refractivity (Wildman–Crippen MR) is 97.8 cm³/mol. The summed E-state index contributed by atoms with van der Waals surface area (Å²) in [6, 6.07) is 8.86. The molecule has 0 saturated carbocycles. The van der Waals surface area contributed by atoms with E-state index in [1.165, 1.54) is 18.4 Å². The molecular formula is C18H19N3O4S. The van der Waals surface area contributed by atoms with Gasteiger partial charge in [-0.05, 0) is 29.0 Å². The van der Waals surface area contributed by atoms with Crippen molar-refractivity contribution >= 4 is 34.1 Å². The molecule has 2 amide bonds. The van der Waals surface area contributed by atoms with Gasteiger partial charge in [-0.25, -0.2) is 0 Å². The molecule has 1 aliphatic rings. The van der Waals surface area contributed by atoms with Crippen LogP contribution < -0.4 is 11.1 Å². The fourth-order valence-corrected chi connectivity index (χ4v) is 3.87. The van der Waals surface area contributed by atoms with Crippen molar-refractivity contribution in [2.45, 2.75) is 19.0 Å². The number of carbonyl (C=O) groups is 3. The summed E-state index contributed by atoms with van der Waals surface area (Å²) >= 11 is 1.23. The molecule has 0 aliphatic carbocycles. The average Bonchev–Trinajstić information content (AvgIpc) is 3.08. The van der Waals surface area contributed by atoms with Crippen LogP contribution in [-0.2, 0) is 27.3 Å². The molecule has 0 spiro atoms. The topological polar surface area (TPSA) is 102 Å². The molecule has 3 N–H and O–H groups in total. The second-order valence-corrected chi connectivity index (χ2v) is 6.91. The zero-order valence-corrected chi connectivity index (χ0v) is 15.0. The van der Waals surface area contributed by atoms with E-state index in [2.05, 4.69) is 5.32 Å². The van der Waals surface area contributed by atoms with E-state index in [0.717, 1.165) is 11.1 Å². The third kappa shape index (κ3) is 3.76. The Balaban J connectivity index is 1.75. The van der Waals surface area contributed by atoms with Gasteiger partial charge in [-0.3, -0.25) is 19.3 Å². The van der Waals surface area contributed by atoms with Gasteiger partial charge < -0.3 is 15.8 Å². The molecule has 1 aliphatic heterocycles. The molecule has 26 heavy (non-hydrogen) atoms. The Morgan fingerprint density at radius 1 is 1.27 bits per heavy atom. The zero-order valence-electron chi connectivity index (χ0n) is 14.2. The number of methoxy groups -OCH3 is 1. The monoisotopic (exact) mass is 373 g/mol. The van der Waals surface area contributed by atoms with E-state index in [4.69, 9.17) is 10.5 Å². The fourth-order valence-electron chi connectivity index (χ4n) is 3.06. The fraction of sp³-hybridized carbons (Fsp3) is 0.278. The van der Waals surface area contributed by atoms with Crippen LogP contribution in [0.3, 0.4) is 0 Å². The second-order valence-electron chi connectivity index (χ2n) is 5.99. The van der Waals surface area contributed by atoms with Crippen LogP contribution in [0.5, 0.6) is 0 Å². The minimum absolute atomic E-state index is 0.00417. The molecule has 0 unspecified atom stereocenters. The molecule has 0 fully saturated rings. The van der Waals surface area contributed by atoms with Gasteiger partial charge in [0, 0.05) is 6.54 Å². The van der Waals surface area contributed by atoms with Gasteiger partial charge in [0.05, 0.1) is 19.2 Å². The summed E-state index contributed by atoms with van der Waals surface area (Å²) in [6.45, 7) is 0.473. The number of ether oxygens (including phenoxy) is 1. The number of rotatable bonds is 5.